The number of fused-ring (bicyclic) bond motifs is 1. The maximum Gasteiger partial charge on any atom is 0.118 e. The Hall–Kier alpha value is -1.80. The van der Waals surface area contributed by atoms with Crippen molar-refractivity contribution < 1.29 is 4.74 Å². The Labute approximate surface area is 120 Å². The maximum absolute atomic E-state index is 5.22. The van der Waals surface area contributed by atoms with Crippen molar-refractivity contribution in [2.75, 3.05) is 20.2 Å². The minimum Gasteiger partial charge on any atom is -0.497 e. The molecule has 2 aromatic rings. The van der Waals surface area contributed by atoms with Crippen LogP contribution >= 0.6 is 0 Å². The van der Waals surface area contributed by atoms with E-state index in [1.165, 1.54) is 16.7 Å². The summed E-state index contributed by atoms with van der Waals surface area (Å²) in [5.74, 6) is 1.48. The molecular formula is C18H21NO. The zero-order valence-electron chi connectivity index (χ0n) is 11.9. The van der Waals surface area contributed by atoms with Crippen LogP contribution < -0.4 is 10.1 Å². The second-order valence-electron chi connectivity index (χ2n) is 5.40. The zero-order chi connectivity index (χ0) is 13.8. The lowest BCUT2D eigenvalue weighted by molar-refractivity contribution is 0.414. The number of ether oxygens (including phenoxy) is 1. The molecule has 0 fully saturated rings. The van der Waals surface area contributed by atoms with E-state index in [1.807, 2.05) is 12.1 Å². The Kier molecular flexibility index (Phi) is 4.03. The predicted octanol–water partition coefficient (Wildman–Crippen LogP) is 3.17. The van der Waals surface area contributed by atoms with E-state index in [-0.39, 0.29) is 0 Å². The summed E-state index contributed by atoms with van der Waals surface area (Å²) < 4.78 is 5.22. The molecule has 0 aliphatic carbocycles. The third-order valence-corrected chi connectivity index (χ3v) is 4.10. The second-order valence-corrected chi connectivity index (χ2v) is 5.40. The van der Waals surface area contributed by atoms with Crippen LogP contribution in [0.4, 0.5) is 0 Å². The first-order valence-corrected chi connectivity index (χ1v) is 7.28. The zero-order valence-corrected chi connectivity index (χ0v) is 11.9. The van der Waals surface area contributed by atoms with Gasteiger partial charge in [-0.25, -0.2) is 0 Å². The van der Waals surface area contributed by atoms with Crippen LogP contribution in [0.5, 0.6) is 5.75 Å². The predicted molar refractivity (Wildman–Crippen MR) is 82.5 cm³/mol. The standard InChI is InChI=1S/C18H21NO/c1-20-17-8-6-14(7-9-17)12-16-13-19-11-10-15-4-2-3-5-18(15)16/h2-9,16,19H,10-13H2,1H3/t16-/m0/s1. The Morgan fingerprint density at radius 3 is 2.70 bits per heavy atom. The van der Waals surface area contributed by atoms with E-state index in [0.29, 0.717) is 5.92 Å². The quantitative estimate of drug-likeness (QED) is 0.922. The molecule has 0 saturated heterocycles. The van der Waals surface area contributed by atoms with E-state index in [4.69, 9.17) is 4.74 Å². The largest absolute Gasteiger partial charge is 0.497 e. The number of nitrogens with one attached hydrogen (secondary N) is 1. The van der Waals surface area contributed by atoms with Gasteiger partial charge in [0.05, 0.1) is 7.11 Å². The van der Waals surface area contributed by atoms with Crippen molar-refractivity contribution in [3.8, 4) is 5.75 Å². The molecule has 1 aliphatic heterocycles. The Morgan fingerprint density at radius 1 is 1.10 bits per heavy atom. The molecule has 0 saturated carbocycles. The van der Waals surface area contributed by atoms with Gasteiger partial charge in [0.25, 0.3) is 0 Å². The molecule has 0 radical (unpaired) electrons. The third kappa shape index (κ3) is 2.86. The van der Waals surface area contributed by atoms with Crippen LogP contribution in [-0.4, -0.2) is 20.2 Å². The highest BCUT2D eigenvalue weighted by Crippen LogP contribution is 2.26. The fourth-order valence-electron chi connectivity index (χ4n) is 3.00. The highest BCUT2D eigenvalue weighted by Gasteiger charge is 2.18. The van der Waals surface area contributed by atoms with Gasteiger partial charge in [-0.15, -0.1) is 0 Å². The fourth-order valence-corrected chi connectivity index (χ4v) is 3.00. The smallest absolute Gasteiger partial charge is 0.118 e. The molecule has 0 aromatic heterocycles. The number of methoxy groups -OCH3 is 1. The minimum atomic E-state index is 0.557. The van der Waals surface area contributed by atoms with Gasteiger partial charge < -0.3 is 10.1 Å². The monoisotopic (exact) mass is 267 g/mol. The summed E-state index contributed by atoms with van der Waals surface area (Å²) in [6, 6.07) is 17.3. The Morgan fingerprint density at radius 2 is 1.90 bits per heavy atom. The first-order chi connectivity index (χ1) is 9.86. The van der Waals surface area contributed by atoms with Gasteiger partial charge in [-0.3, -0.25) is 0 Å². The first-order valence-electron chi connectivity index (χ1n) is 7.28. The summed E-state index contributed by atoms with van der Waals surface area (Å²) in [6.07, 6.45) is 2.21. The summed E-state index contributed by atoms with van der Waals surface area (Å²) in [5.41, 5.74) is 4.37. The van der Waals surface area contributed by atoms with Crippen molar-refractivity contribution in [1.29, 1.82) is 0 Å². The SMILES string of the molecule is COc1ccc(C[C@H]2CNCCc3ccccc32)cc1. The lowest BCUT2D eigenvalue weighted by Crippen LogP contribution is -2.21. The van der Waals surface area contributed by atoms with Crippen molar-refractivity contribution in [2.45, 2.75) is 18.8 Å². The van der Waals surface area contributed by atoms with Crippen LogP contribution in [0, 0.1) is 0 Å². The second kappa shape index (κ2) is 6.10. The van der Waals surface area contributed by atoms with Gasteiger partial charge in [-0.05, 0) is 48.2 Å². The molecule has 2 nitrogen and oxygen atoms in total. The number of benzene rings is 2. The van der Waals surface area contributed by atoms with Gasteiger partial charge in [0.2, 0.25) is 0 Å². The molecule has 2 aromatic carbocycles. The van der Waals surface area contributed by atoms with Gasteiger partial charge in [0.1, 0.15) is 5.75 Å². The summed E-state index contributed by atoms with van der Waals surface area (Å²) in [6.45, 7) is 2.14. The van der Waals surface area contributed by atoms with Crippen LogP contribution in [0.1, 0.15) is 22.6 Å². The molecule has 0 spiro atoms. The molecule has 20 heavy (non-hydrogen) atoms. The van der Waals surface area contributed by atoms with Crippen LogP contribution in [0.2, 0.25) is 0 Å². The fraction of sp³-hybridized carbons (Fsp3) is 0.333. The van der Waals surface area contributed by atoms with Gasteiger partial charge in [-0.2, -0.15) is 0 Å². The van der Waals surface area contributed by atoms with Crippen molar-refractivity contribution >= 4 is 0 Å². The molecule has 3 rings (SSSR count). The van der Waals surface area contributed by atoms with Crippen molar-refractivity contribution in [1.82, 2.24) is 5.32 Å². The molecule has 2 heteroatoms. The van der Waals surface area contributed by atoms with E-state index < -0.39 is 0 Å². The van der Waals surface area contributed by atoms with Crippen molar-refractivity contribution in [3.05, 3.63) is 65.2 Å². The van der Waals surface area contributed by atoms with E-state index in [0.717, 1.165) is 31.7 Å². The summed E-state index contributed by atoms with van der Waals surface area (Å²) in [4.78, 5) is 0. The number of hydrogen-bond donors (Lipinski definition) is 1. The van der Waals surface area contributed by atoms with E-state index in [2.05, 4.69) is 41.7 Å². The van der Waals surface area contributed by atoms with Crippen LogP contribution in [0.3, 0.4) is 0 Å². The summed E-state index contributed by atoms with van der Waals surface area (Å²) in [5, 5.41) is 3.56. The van der Waals surface area contributed by atoms with Crippen LogP contribution in [0.25, 0.3) is 0 Å². The normalized spacial score (nSPS) is 18.1. The highest BCUT2D eigenvalue weighted by atomic mass is 16.5. The van der Waals surface area contributed by atoms with E-state index in [1.54, 1.807) is 7.11 Å². The molecule has 0 amide bonds. The van der Waals surface area contributed by atoms with E-state index >= 15 is 0 Å². The molecule has 1 heterocycles. The van der Waals surface area contributed by atoms with Gasteiger partial charge >= 0.3 is 0 Å². The lowest BCUT2D eigenvalue weighted by atomic mass is 9.89. The molecule has 104 valence electrons. The number of rotatable bonds is 3. The van der Waals surface area contributed by atoms with Gasteiger partial charge in [0, 0.05) is 12.5 Å². The molecule has 1 atom stereocenters. The van der Waals surface area contributed by atoms with Gasteiger partial charge in [-0.1, -0.05) is 36.4 Å². The topological polar surface area (TPSA) is 21.3 Å². The van der Waals surface area contributed by atoms with Crippen molar-refractivity contribution in [2.24, 2.45) is 0 Å². The molecule has 1 N–H and O–H groups in total. The average molecular weight is 267 g/mol. The summed E-state index contributed by atoms with van der Waals surface area (Å²) in [7, 11) is 1.71. The summed E-state index contributed by atoms with van der Waals surface area (Å²) >= 11 is 0. The molecular weight excluding hydrogens is 246 g/mol. The van der Waals surface area contributed by atoms with Gasteiger partial charge in [0.15, 0.2) is 0 Å². The minimum absolute atomic E-state index is 0.557. The number of hydrogen-bond acceptors (Lipinski definition) is 2. The van der Waals surface area contributed by atoms with E-state index in [9.17, 15) is 0 Å². The Balaban J connectivity index is 1.82. The molecule has 0 bridgehead atoms. The Bertz CT molecular complexity index is 562. The first kappa shape index (κ1) is 13.2. The van der Waals surface area contributed by atoms with Crippen molar-refractivity contribution in [3.63, 3.8) is 0 Å². The molecule has 0 unspecified atom stereocenters. The van der Waals surface area contributed by atoms with Crippen LogP contribution in [0.15, 0.2) is 48.5 Å². The molecule has 1 aliphatic rings. The maximum atomic E-state index is 5.22. The highest BCUT2D eigenvalue weighted by molar-refractivity contribution is 5.35. The lowest BCUT2D eigenvalue weighted by Gasteiger charge is -2.18. The average Bonchev–Trinajstić information content (AvgIpc) is 2.71. The van der Waals surface area contributed by atoms with Crippen LogP contribution in [-0.2, 0) is 12.8 Å². The third-order valence-electron chi connectivity index (χ3n) is 4.10.